The number of rotatable bonds is 6. The second kappa shape index (κ2) is 10.9. The third-order valence-electron chi connectivity index (χ3n) is 6.35. The molecule has 0 saturated carbocycles. The molecule has 0 spiro atoms. The Hall–Kier alpha value is -3.11. The SMILES string of the molecule is CN1CCC(Nc2nccn3c([Se]C(F)(F)F)c(C#CCNC(=O)c4cnn(C5COC5)c4)cc23)C(F)C1. The average Bonchev–Trinajstić information content (AvgIpc) is 3.42. The number of nitrogens with one attached hydrogen (secondary N) is 2. The molecule has 3 aromatic heterocycles. The van der Waals surface area contributed by atoms with Crippen molar-refractivity contribution in [3.05, 3.63) is 42.0 Å². The van der Waals surface area contributed by atoms with Crippen molar-refractivity contribution in [3.63, 3.8) is 0 Å². The van der Waals surface area contributed by atoms with Crippen molar-refractivity contribution in [3.8, 4) is 11.8 Å². The Morgan fingerprint density at radius 2 is 2.16 bits per heavy atom. The van der Waals surface area contributed by atoms with Crippen molar-refractivity contribution < 1.29 is 27.1 Å². The molecule has 2 aliphatic rings. The van der Waals surface area contributed by atoms with Crippen molar-refractivity contribution >= 4 is 36.8 Å². The van der Waals surface area contributed by atoms with Gasteiger partial charge < -0.3 is 4.74 Å². The number of alkyl halides is 4. The van der Waals surface area contributed by atoms with Crippen LogP contribution < -0.4 is 15.2 Å². The van der Waals surface area contributed by atoms with Crippen LogP contribution in [0.3, 0.4) is 0 Å². The molecular formula is C24H25F4N7O2Se. The van der Waals surface area contributed by atoms with E-state index < -0.39 is 32.2 Å². The Bertz CT molecular complexity index is 1380. The van der Waals surface area contributed by atoms with Gasteiger partial charge in [0.15, 0.2) is 0 Å². The Balaban J connectivity index is 1.34. The van der Waals surface area contributed by atoms with Gasteiger partial charge >= 0.3 is 217 Å². The quantitative estimate of drug-likeness (QED) is 0.252. The first-order valence-electron chi connectivity index (χ1n) is 11.9. The maximum absolute atomic E-state index is 14.6. The van der Waals surface area contributed by atoms with E-state index in [-0.39, 0.29) is 35.2 Å². The first kappa shape index (κ1) is 26.5. The maximum atomic E-state index is 14.6. The zero-order valence-corrected chi connectivity index (χ0v) is 22.0. The van der Waals surface area contributed by atoms with Gasteiger partial charge in [0.1, 0.15) is 0 Å². The average molecular weight is 598 g/mol. The van der Waals surface area contributed by atoms with E-state index in [2.05, 4.69) is 32.6 Å². The first-order valence-corrected chi connectivity index (χ1v) is 13.6. The van der Waals surface area contributed by atoms with Crippen LogP contribution in [-0.4, -0.2) is 102 Å². The molecule has 2 fully saturated rings. The van der Waals surface area contributed by atoms with Crippen LogP contribution in [0.1, 0.15) is 28.4 Å². The van der Waals surface area contributed by atoms with Crippen LogP contribution in [0.5, 0.6) is 0 Å². The van der Waals surface area contributed by atoms with Crippen LogP contribution >= 0.6 is 0 Å². The van der Waals surface area contributed by atoms with Gasteiger partial charge in [-0.2, -0.15) is 0 Å². The third kappa shape index (κ3) is 5.96. The van der Waals surface area contributed by atoms with E-state index in [4.69, 9.17) is 4.74 Å². The fourth-order valence-electron chi connectivity index (χ4n) is 4.28. The summed E-state index contributed by atoms with van der Waals surface area (Å²) in [4.78, 5) is 18.6. The van der Waals surface area contributed by atoms with Crippen molar-refractivity contribution in [1.29, 1.82) is 0 Å². The molecule has 5 rings (SSSR count). The second-order valence-electron chi connectivity index (χ2n) is 9.14. The number of anilines is 1. The summed E-state index contributed by atoms with van der Waals surface area (Å²) in [6, 6.07) is 1.14. The van der Waals surface area contributed by atoms with Gasteiger partial charge in [-0.05, 0) is 0 Å². The van der Waals surface area contributed by atoms with Crippen molar-refractivity contribution in [2.24, 2.45) is 0 Å². The van der Waals surface area contributed by atoms with Gasteiger partial charge in [-0.1, -0.05) is 0 Å². The molecule has 0 aromatic carbocycles. The number of carbonyl (C=O) groups is 1. The summed E-state index contributed by atoms with van der Waals surface area (Å²) in [5, 5.41) is 5.48. The molecule has 14 heteroatoms. The van der Waals surface area contributed by atoms with Gasteiger partial charge in [-0.3, -0.25) is 0 Å². The summed E-state index contributed by atoms with van der Waals surface area (Å²) < 4.78 is 63.2. The van der Waals surface area contributed by atoms with Gasteiger partial charge in [0.2, 0.25) is 0 Å². The molecule has 0 radical (unpaired) electrons. The number of halogens is 4. The molecule has 2 unspecified atom stereocenters. The number of likely N-dealkylation sites (tertiary alicyclic amines) is 1. The Kier molecular flexibility index (Phi) is 7.63. The van der Waals surface area contributed by atoms with Crippen molar-refractivity contribution in [2.45, 2.75) is 29.8 Å². The van der Waals surface area contributed by atoms with Gasteiger partial charge in [-0.25, -0.2) is 0 Å². The van der Waals surface area contributed by atoms with Crippen LogP contribution in [0.25, 0.3) is 5.52 Å². The Morgan fingerprint density at radius 1 is 1.34 bits per heavy atom. The number of ether oxygens (including phenoxy) is 1. The zero-order valence-electron chi connectivity index (χ0n) is 20.3. The molecule has 38 heavy (non-hydrogen) atoms. The molecule has 1 amide bonds. The van der Waals surface area contributed by atoms with Gasteiger partial charge in [0.05, 0.1) is 0 Å². The Labute approximate surface area is 222 Å². The fourth-order valence-corrected chi connectivity index (χ4v) is 5.75. The summed E-state index contributed by atoms with van der Waals surface area (Å²) in [5.41, 5.74) is 0.933. The van der Waals surface area contributed by atoms with Crippen LogP contribution in [0.15, 0.2) is 30.9 Å². The van der Waals surface area contributed by atoms with Crippen LogP contribution in [-0.2, 0) is 4.74 Å². The molecule has 0 bridgehead atoms. The number of hydrogen-bond donors (Lipinski definition) is 2. The standard InChI is InChI=1S/C24H25F4N7O2Se/c1-33-7-4-19(18(25)12-33)32-21-20-9-15(23(38-24(26,27)28)34(20)8-6-29-21)3-2-5-30-22(36)16-10-31-35(11-16)17-13-37-14-17/h6,8-11,17-19H,4-5,7,12-14H2,1H3,(H,29,32)(H,30,36). The van der Waals surface area contributed by atoms with Crippen LogP contribution in [0, 0.1) is 11.8 Å². The monoisotopic (exact) mass is 599 g/mol. The second-order valence-corrected chi connectivity index (χ2v) is 11.4. The van der Waals surface area contributed by atoms with Crippen molar-refractivity contribution in [1.82, 2.24) is 29.4 Å². The number of nitrogens with zero attached hydrogens (tertiary/aromatic N) is 5. The molecule has 2 N–H and O–H groups in total. The van der Waals surface area contributed by atoms with E-state index in [0.717, 1.165) is 0 Å². The summed E-state index contributed by atoms with van der Waals surface area (Å²) in [6.07, 6.45) is 5.30. The molecule has 2 atom stereocenters. The molecule has 2 aliphatic heterocycles. The van der Waals surface area contributed by atoms with E-state index in [0.29, 0.717) is 43.1 Å². The molecule has 202 valence electrons. The summed E-state index contributed by atoms with van der Waals surface area (Å²) in [5.74, 6) is 5.44. The number of carbonyl (C=O) groups excluding carboxylic acids is 1. The fraction of sp³-hybridized carbons (Fsp3) is 0.458. The number of amides is 1. The Morgan fingerprint density at radius 3 is 2.87 bits per heavy atom. The first-order chi connectivity index (χ1) is 18.2. The van der Waals surface area contributed by atoms with E-state index in [1.54, 1.807) is 10.9 Å². The number of hydrogen-bond acceptors (Lipinski definition) is 6. The third-order valence-corrected chi connectivity index (χ3v) is 8.11. The van der Waals surface area contributed by atoms with E-state index in [1.807, 2.05) is 11.9 Å². The molecule has 3 aromatic rings. The van der Waals surface area contributed by atoms with Gasteiger partial charge in [0.25, 0.3) is 0 Å². The van der Waals surface area contributed by atoms with Crippen LogP contribution in [0.2, 0.25) is 0 Å². The topological polar surface area (TPSA) is 88.7 Å². The predicted molar refractivity (Wildman–Crippen MR) is 132 cm³/mol. The predicted octanol–water partition coefficient (Wildman–Crippen LogP) is 1.19. The minimum absolute atomic E-state index is 0.00782. The van der Waals surface area contributed by atoms with Gasteiger partial charge in [0, 0.05) is 0 Å². The molecule has 2 saturated heterocycles. The number of piperidine rings is 1. The molecule has 0 aliphatic carbocycles. The normalized spacial score (nSPS) is 20.6. The zero-order chi connectivity index (χ0) is 26.9. The molecule has 9 nitrogen and oxygen atoms in total. The summed E-state index contributed by atoms with van der Waals surface area (Å²) >= 11 is -1.89. The minimum atomic E-state index is -4.41. The summed E-state index contributed by atoms with van der Waals surface area (Å²) in [6.45, 7) is 1.98. The van der Waals surface area contributed by atoms with Gasteiger partial charge in [-0.15, -0.1) is 0 Å². The molecular weight excluding hydrogens is 573 g/mol. The van der Waals surface area contributed by atoms with E-state index in [1.165, 1.54) is 29.1 Å². The van der Waals surface area contributed by atoms with E-state index in [9.17, 15) is 22.4 Å². The van der Waals surface area contributed by atoms with Crippen molar-refractivity contribution in [2.75, 3.05) is 45.2 Å². The summed E-state index contributed by atoms with van der Waals surface area (Å²) in [7, 11) is 1.84. The number of fused-ring (bicyclic) bond motifs is 1. The number of aromatic nitrogens is 4. The van der Waals surface area contributed by atoms with Crippen LogP contribution in [0.4, 0.5) is 23.4 Å². The molecule has 5 heterocycles. The van der Waals surface area contributed by atoms with E-state index >= 15 is 0 Å².